The molecule has 2 N–H and O–H groups in total. The number of methoxy groups -OCH3 is 1. The number of nitrogens with zero attached hydrogens (tertiary/aromatic N) is 2. The Bertz CT molecular complexity index is 803. The summed E-state index contributed by atoms with van der Waals surface area (Å²) in [6.07, 6.45) is 0. The molecule has 0 saturated heterocycles. The smallest absolute Gasteiger partial charge is 0.213 e. The van der Waals surface area contributed by atoms with E-state index < -0.39 is 0 Å². The van der Waals surface area contributed by atoms with Crippen LogP contribution in [-0.2, 0) is 0 Å². The highest BCUT2D eigenvalue weighted by Gasteiger charge is 2.15. The van der Waals surface area contributed by atoms with Crippen LogP contribution in [0.25, 0.3) is 21.3 Å². The lowest BCUT2D eigenvalue weighted by molar-refractivity contribution is 0.416. The van der Waals surface area contributed by atoms with E-state index in [1.165, 1.54) is 0 Å². The van der Waals surface area contributed by atoms with Crippen molar-refractivity contribution in [3.05, 3.63) is 34.7 Å². The second kappa shape index (κ2) is 5.18. The van der Waals surface area contributed by atoms with Gasteiger partial charge < -0.3 is 4.74 Å². The molecule has 0 radical (unpaired) electrons. The van der Waals surface area contributed by atoms with Crippen LogP contribution in [0.4, 0.5) is 0 Å². The van der Waals surface area contributed by atoms with Gasteiger partial charge in [-0.2, -0.15) is 4.98 Å². The molecule has 0 fully saturated rings. The van der Waals surface area contributed by atoms with Crippen LogP contribution in [0.3, 0.4) is 0 Å². The van der Waals surface area contributed by atoms with Crippen molar-refractivity contribution in [1.82, 2.24) is 20.2 Å². The molecule has 0 saturated carbocycles. The SMILES string of the molecule is COc1ccccc1-c1nc(C)c(-c2nc(=S)[nH][nH]2)s1. The Morgan fingerprint density at radius 1 is 1.20 bits per heavy atom. The summed E-state index contributed by atoms with van der Waals surface area (Å²) in [5.41, 5.74) is 1.89. The number of H-pyrrole nitrogens is 2. The van der Waals surface area contributed by atoms with Gasteiger partial charge in [0, 0.05) is 0 Å². The van der Waals surface area contributed by atoms with Crippen molar-refractivity contribution >= 4 is 23.6 Å². The van der Waals surface area contributed by atoms with Crippen LogP contribution in [-0.4, -0.2) is 27.3 Å². The third-order valence-corrected chi connectivity index (χ3v) is 4.24. The van der Waals surface area contributed by atoms with Crippen LogP contribution in [0.5, 0.6) is 5.75 Å². The summed E-state index contributed by atoms with van der Waals surface area (Å²) in [4.78, 5) is 9.81. The highest BCUT2D eigenvalue weighted by molar-refractivity contribution is 7.71. The van der Waals surface area contributed by atoms with E-state index in [9.17, 15) is 0 Å². The second-order valence-electron chi connectivity index (χ2n) is 4.15. The van der Waals surface area contributed by atoms with Crippen LogP contribution >= 0.6 is 23.6 Å². The molecule has 0 atom stereocenters. The highest BCUT2D eigenvalue weighted by Crippen LogP contribution is 2.37. The Balaban J connectivity index is 2.11. The molecule has 2 heterocycles. The summed E-state index contributed by atoms with van der Waals surface area (Å²) in [6, 6.07) is 7.83. The summed E-state index contributed by atoms with van der Waals surface area (Å²) >= 11 is 6.54. The molecule has 0 aliphatic carbocycles. The molecule has 7 heteroatoms. The quantitative estimate of drug-likeness (QED) is 0.726. The van der Waals surface area contributed by atoms with E-state index in [1.54, 1.807) is 18.4 Å². The zero-order valence-electron chi connectivity index (χ0n) is 10.9. The fourth-order valence-electron chi connectivity index (χ4n) is 1.93. The number of thiazole rings is 1. The average molecular weight is 304 g/mol. The number of hydrogen-bond donors (Lipinski definition) is 2. The van der Waals surface area contributed by atoms with E-state index in [-0.39, 0.29) is 0 Å². The highest BCUT2D eigenvalue weighted by atomic mass is 32.1. The van der Waals surface area contributed by atoms with Gasteiger partial charge in [-0.1, -0.05) is 12.1 Å². The Morgan fingerprint density at radius 3 is 2.70 bits per heavy atom. The fourth-order valence-corrected chi connectivity index (χ4v) is 3.11. The van der Waals surface area contributed by atoms with Gasteiger partial charge >= 0.3 is 0 Å². The molecule has 0 unspecified atom stereocenters. The van der Waals surface area contributed by atoms with E-state index >= 15 is 0 Å². The average Bonchev–Trinajstić information content (AvgIpc) is 3.04. The second-order valence-corrected chi connectivity index (χ2v) is 5.54. The lowest BCUT2D eigenvalue weighted by Gasteiger charge is -2.04. The number of nitrogens with one attached hydrogen (secondary N) is 2. The van der Waals surface area contributed by atoms with Crippen LogP contribution in [0.15, 0.2) is 24.3 Å². The number of aromatic nitrogens is 4. The van der Waals surface area contributed by atoms with Gasteiger partial charge in [0.2, 0.25) is 4.77 Å². The molecular weight excluding hydrogens is 292 g/mol. The predicted molar refractivity (Wildman–Crippen MR) is 81.6 cm³/mol. The predicted octanol–water partition coefficient (Wildman–Crippen LogP) is 3.57. The largest absolute Gasteiger partial charge is 0.496 e. The first-order valence-electron chi connectivity index (χ1n) is 5.95. The zero-order chi connectivity index (χ0) is 14.1. The summed E-state index contributed by atoms with van der Waals surface area (Å²) in [5.74, 6) is 1.52. The van der Waals surface area contributed by atoms with Crippen LogP contribution < -0.4 is 4.74 Å². The monoisotopic (exact) mass is 304 g/mol. The maximum Gasteiger partial charge on any atom is 0.213 e. The van der Waals surface area contributed by atoms with Gasteiger partial charge in [0.25, 0.3) is 0 Å². The topological polar surface area (TPSA) is 66.6 Å². The fraction of sp³-hybridized carbons (Fsp3) is 0.154. The summed E-state index contributed by atoms with van der Waals surface area (Å²) in [5, 5.41) is 6.65. The molecule has 0 spiro atoms. The lowest BCUT2D eigenvalue weighted by atomic mass is 10.2. The number of aryl methyl sites for hydroxylation is 1. The minimum atomic E-state index is 0.437. The standard InChI is InChI=1S/C13H12N4OS2/c1-7-10(11-15-13(19)17-16-11)20-12(14-7)8-5-3-4-6-9(8)18-2/h3-6H,1-2H3,(H2,15,16,17,19). The number of benzene rings is 1. The van der Waals surface area contributed by atoms with Gasteiger partial charge in [0.15, 0.2) is 5.82 Å². The number of ether oxygens (including phenoxy) is 1. The molecule has 0 amide bonds. The first-order valence-corrected chi connectivity index (χ1v) is 7.17. The van der Waals surface area contributed by atoms with Crippen LogP contribution in [0.1, 0.15) is 5.69 Å². The molecule has 0 bridgehead atoms. The van der Waals surface area contributed by atoms with Crippen LogP contribution in [0, 0.1) is 11.7 Å². The molecule has 5 nitrogen and oxygen atoms in total. The van der Waals surface area contributed by atoms with E-state index in [2.05, 4.69) is 20.2 Å². The zero-order valence-corrected chi connectivity index (χ0v) is 12.6. The molecule has 0 aliphatic heterocycles. The molecule has 20 heavy (non-hydrogen) atoms. The summed E-state index contributed by atoms with van der Waals surface area (Å²) in [6.45, 7) is 1.95. The Morgan fingerprint density at radius 2 is 2.00 bits per heavy atom. The minimum absolute atomic E-state index is 0.437. The minimum Gasteiger partial charge on any atom is -0.496 e. The number of aromatic amines is 2. The van der Waals surface area contributed by atoms with E-state index in [4.69, 9.17) is 17.0 Å². The van der Waals surface area contributed by atoms with E-state index in [0.29, 0.717) is 10.6 Å². The number of rotatable bonds is 3. The first kappa shape index (κ1) is 13.0. The third kappa shape index (κ3) is 2.25. The Kier molecular flexibility index (Phi) is 3.37. The summed E-state index contributed by atoms with van der Waals surface area (Å²) < 4.78 is 5.82. The molecule has 1 aromatic carbocycles. The summed E-state index contributed by atoms with van der Waals surface area (Å²) in [7, 11) is 1.66. The molecule has 3 aromatic rings. The van der Waals surface area contributed by atoms with Crippen molar-refractivity contribution in [3.63, 3.8) is 0 Å². The van der Waals surface area contributed by atoms with E-state index in [0.717, 1.165) is 26.9 Å². The normalized spacial score (nSPS) is 10.7. The van der Waals surface area contributed by atoms with Gasteiger partial charge in [-0.05, 0) is 31.3 Å². The van der Waals surface area contributed by atoms with Crippen molar-refractivity contribution in [2.24, 2.45) is 0 Å². The van der Waals surface area contributed by atoms with Gasteiger partial charge in [-0.25, -0.2) is 4.98 Å². The molecule has 0 aliphatic rings. The maximum absolute atomic E-state index is 5.38. The number of para-hydroxylation sites is 1. The molecule has 3 rings (SSSR count). The molecule has 102 valence electrons. The maximum atomic E-state index is 5.38. The van der Waals surface area contributed by atoms with Crippen LogP contribution in [0.2, 0.25) is 0 Å². The van der Waals surface area contributed by atoms with Gasteiger partial charge in [-0.15, -0.1) is 11.3 Å². The van der Waals surface area contributed by atoms with E-state index in [1.807, 2.05) is 31.2 Å². The van der Waals surface area contributed by atoms with Crippen molar-refractivity contribution < 1.29 is 4.74 Å². The first-order chi connectivity index (χ1) is 9.69. The Hall–Kier alpha value is -1.99. The Labute approximate surface area is 124 Å². The van der Waals surface area contributed by atoms with Crippen molar-refractivity contribution in [2.45, 2.75) is 6.92 Å². The third-order valence-electron chi connectivity index (χ3n) is 2.85. The van der Waals surface area contributed by atoms with Gasteiger partial charge in [-0.3, -0.25) is 10.2 Å². The van der Waals surface area contributed by atoms with Crippen molar-refractivity contribution in [2.75, 3.05) is 7.11 Å². The lowest BCUT2D eigenvalue weighted by Crippen LogP contribution is -1.86. The van der Waals surface area contributed by atoms with Crippen molar-refractivity contribution in [1.29, 1.82) is 0 Å². The number of hydrogen-bond acceptors (Lipinski definition) is 5. The molecular formula is C13H12N4OS2. The molecule has 2 aromatic heterocycles. The van der Waals surface area contributed by atoms with Gasteiger partial charge in [0.1, 0.15) is 10.8 Å². The van der Waals surface area contributed by atoms with Crippen molar-refractivity contribution in [3.8, 4) is 27.0 Å². The van der Waals surface area contributed by atoms with Gasteiger partial charge in [0.05, 0.1) is 23.2 Å².